The lowest BCUT2D eigenvalue weighted by Crippen LogP contribution is -2.08. The Morgan fingerprint density at radius 3 is 2.29 bits per heavy atom. The van der Waals surface area contributed by atoms with Gasteiger partial charge in [-0.1, -0.05) is 30.3 Å². The summed E-state index contributed by atoms with van der Waals surface area (Å²) >= 11 is 0. The summed E-state index contributed by atoms with van der Waals surface area (Å²) in [6.45, 7) is 4.10. The van der Waals surface area contributed by atoms with Crippen molar-refractivity contribution < 1.29 is 9.53 Å². The molecule has 3 rings (SSSR count). The monoisotopic (exact) mass is 320 g/mol. The number of hydrogen-bond donors (Lipinski definition) is 0. The van der Waals surface area contributed by atoms with Gasteiger partial charge in [-0.15, -0.1) is 0 Å². The van der Waals surface area contributed by atoms with Gasteiger partial charge in [0.1, 0.15) is 5.75 Å². The van der Waals surface area contributed by atoms with Gasteiger partial charge in [0.2, 0.25) is 0 Å². The Hall–Kier alpha value is -2.88. The molecule has 0 saturated carbocycles. The quantitative estimate of drug-likeness (QED) is 0.542. The highest BCUT2D eigenvalue weighted by Gasteiger charge is 2.11. The van der Waals surface area contributed by atoms with Crippen molar-refractivity contribution in [3.8, 4) is 5.75 Å². The molecule has 0 unspecified atom stereocenters. The Balaban J connectivity index is 1.70. The number of aryl methyl sites for hydroxylation is 2. The van der Waals surface area contributed by atoms with Crippen LogP contribution in [0.1, 0.15) is 32.9 Å². The van der Waals surface area contributed by atoms with Crippen molar-refractivity contribution in [2.45, 2.75) is 20.3 Å². The second-order valence-corrected chi connectivity index (χ2v) is 5.85. The number of rotatable bonds is 4. The molecule has 0 atom stereocenters. The normalized spacial score (nSPS) is 10.6. The van der Waals surface area contributed by atoms with E-state index in [4.69, 9.17) is 4.74 Å². The molecule has 122 valence electrons. The third-order valence-electron chi connectivity index (χ3n) is 4.18. The van der Waals surface area contributed by atoms with Crippen LogP contribution in [0.2, 0.25) is 0 Å². The molecule has 0 aliphatic carbocycles. The van der Waals surface area contributed by atoms with E-state index in [-0.39, 0.29) is 5.97 Å². The van der Waals surface area contributed by atoms with E-state index in [1.165, 1.54) is 11.3 Å². The Kier molecular flexibility index (Phi) is 4.47. The van der Waals surface area contributed by atoms with Crippen molar-refractivity contribution in [1.82, 2.24) is 9.78 Å². The van der Waals surface area contributed by atoms with Crippen LogP contribution in [0.4, 0.5) is 0 Å². The molecule has 0 bridgehead atoms. The van der Waals surface area contributed by atoms with Crippen molar-refractivity contribution in [3.05, 3.63) is 82.7 Å². The van der Waals surface area contributed by atoms with Gasteiger partial charge in [0.15, 0.2) is 0 Å². The first kappa shape index (κ1) is 16.0. The summed E-state index contributed by atoms with van der Waals surface area (Å²) in [4.78, 5) is 12.0. The molecule has 0 aliphatic rings. The molecule has 0 saturated heterocycles. The molecular weight excluding hydrogens is 300 g/mol. The molecule has 0 radical (unpaired) electrons. The smallest absolute Gasteiger partial charge is 0.343 e. The van der Waals surface area contributed by atoms with Gasteiger partial charge in [-0.3, -0.25) is 4.68 Å². The topological polar surface area (TPSA) is 44.1 Å². The maximum atomic E-state index is 12.0. The molecule has 1 aromatic heterocycles. The highest BCUT2D eigenvalue weighted by atomic mass is 16.5. The minimum Gasteiger partial charge on any atom is -0.423 e. The molecule has 0 amide bonds. The number of aromatic nitrogens is 2. The van der Waals surface area contributed by atoms with Crippen LogP contribution < -0.4 is 4.74 Å². The number of esters is 1. The zero-order valence-electron chi connectivity index (χ0n) is 14.1. The van der Waals surface area contributed by atoms with Crippen LogP contribution in [0.3, 0.4) is 0 Å². The number of hydrogen-bond acceptors (Lipinski definition) is 3. The summed E-state index contributed by atoms with van der Waals surface area (Å²) in [6.07, 6.45) is 0.818. The Labute approximate surface area is 141 Å². The highest BCUT2D eigenvalue weighted by Crippen LogP contribution is 2.20. The molecule has 4 heteroatoms. The third-order valence-corrected chi connectivity index (χ3v) is 4.18. The van der Waals surface area contributed by atoms with Gasteiger partial charge in [-0.25, -0.2) is 4.79 Å². The van der Waals surface area contributed by atoms with E-state index in [1.807, 2.05) is 61.1 Å². The van der Waals surface area contributed by atoms with Crippen molar-refractivity contribution in [1.29, 1.82) is 0 Å². The van der Waals surface area contributed by atoms with Gasteiger partial charge in [-0.2, -0.15) is 5.10 Å². The largest absolute Gasteiger partial charge is 0.423 e. The van der Waals surface area contributed by atoms with Crippen LogP contribution in [0.5, 0.6) is 5.75 Å². The van der Waals surface area contributed by atoms with Crippen molar-refractivity contribution >= 4 is 5.97 Å². The summed E-state index contributed by atoms with van der Waals surface area (Å²) in [5, 5.41) is 4.44. The Morgan fingerprint density at radius 1 is 1.04 bits per heavy atom. The first-order valence-corrected chi connectivity index (χ1v) is 7.90. The zero-order valence-corrected chi connectivity index (χ0v) is 14.1. The lowest BCUT2D eigenvalue weighted by Gasteiger charge is -2.06. The maximum absolute atomic E-state index is 12.0. The molecule has 3 aromatic rings. The fourth-order valence-electron chi connectivity index (χ4n) is 2.69. The van der Waals surface area contributed by atoms with Crippen LogP contribution in [0.15, 0.2) is 54.6 Å². The van der Waals surface area contributed by atoms with E-state index in [2.05, 4.69) is 12.0 Å². The van der Waals surface area contributed by atoms with Crippen LogP contribution in [0.25, 0.3) is 0 Å². The predicted molar refractivity (Wildman–Crippen MR) is 93.3 cm³/mol. The van der Waals surface area contributed by atoms with Gasteiger partial charge < -0.3 is 4.74 Å². The van der Waals surface area contributed by atoms with Crippen LogP contribution >= 0.6 is 0 Å². The summed E-state index contributed by atoms with van der Waals surface area (Å²) in [5.74, 6) is 0.203. The lowest BCUT2D eigenvalue weighted by atomic mass is 10.0. The number of ether oxygens (including phenoxy) is 1. The van der Waals surface area contributed by atoms with E-state index >= 15 is 0 Å². The summed E-state index contributed by atoms with van der Waals surface area (Å²) in [7, 11) is 1.96. The van der Waals surface area contributed by atoms with Crippen LogP contribution in [-0.4, -0.2) is 15.7 Å². The molecule has 4 nitrogen and oxygen atoms in total. The lowest BCUT2D eigenvalue weighted by molar-refractivity contribution is 0.0734. The average Bonchev–Trinajstić information content (AvgIpc) is 2.83. The maximum Gasteiger partial charge on any atom is 0.343 e. The molecule has 0 N–H and O–H groups in total. The predicted octanol–water partition coefficient (Wildman–Crippen LogP) is 3.85. The third kappa shape index (κ3) is 3.38. The molecule has 24 heavy (non-hydrogen) atoms. The van der Waals surface area contributed by atoms with E-state index in [9.17, 15) is 4.79 Å². The van der Waals surface area contributed by atoms with Crippen molar-refractivity contribution in [2.75, 3.05) is 0 Å². The summed E-state index contributed by atoms with van der Waals surface area (Å²) in [5.41, 5.74) is 5.17. The summed E-state index contributed by atoms with van der Waals surface area (Å²) < 4.78 is 7.31. The van der Waals surface area contributed by atoms with E-state index in [1.54, 1.807) is 12.1 Å². The second-order valence-electron chi connectivity index (χ2n) is 5.85. The SMILES string of the molecule is Cc1nn(C)c(C)c1Cc1ccc(OC(=O)c2ccccc2)cc1. The fraction of sp³-hybridized carbons (Fsp3) is 0.200. The van der Waals surface area contributed by atoms with Gasteiger partial charge in [-0.05, 0) is 43.7 Å². The second kappa shape index (κ2) is 6.71. The Morgan fingerprint density at radius 2 is 1.71 bits per heavy atom. The fourth-order valence-corrected chi connectivity index (χ4v) is 2.69. The van der Waals surface area contributed by atoms with Gasteiger partial charge in [0.25, 0.3) is 0 Å². The molecule has 0 aliphatic heterocycles. The minimum atomic E-state index is -0.345. The van der Waals surface area contributed by atoms with Crippen molar-refractivity contribution in [2.24, 2.45) is 7.05 Å². The zero-order chi connectivity index (χ0) is 17.1. The average molecular weight is 320 g/mol. The summed E-state index contributed by atoms with van der Waals surface area (Å²) in [6, 6.07) is 16.6. The van der Waals surface area contributed by atoms with E-state index in [0.717, 1.165) is 17.7 Å². The number of nitrogens with zero attached hydrogens (tertiary/aromatic N) is 2. The van der Waals surface area contributed by atoms with E-state index in [0.29, 0.717) is 11.3 Å². The van der Waals surface area contributed by atoms with Crippen LogP contribution in [-0.2, 0) is 13.5 Å². The van der Waals surface area contributed by atoms with Gasteiger partial charge >= 0.3 is 5.97 Å². The molecular formula is C20H20N2O2. The van der Waals surface area contributed by atoms with Crippen LogP contribution in [0, 0.1) is 13.8 Å². The van der Waals surface area contributed by atoms with E-state index < -0.39 is 0 Å². The van der Waals surface area contributed by atoms with Crippen molar-refractivity contribution in [3.63, 3.8) is 0 Å². The highest BCUT2D eigenvalue weighted by molar-refractivity contribution is 5.90. The number of benzene rings is 2. The first-order chi connectivity index (χ1) is 11.5. The molecule has 0 spiro atoms. The number of carbonyl (C=O) groups is 1. The van der Waals surface area contributed by atoms with Gasteiger partial charge in [0.05, 0.1) is 11.3 Å². The minimum absolute atomic E-state index is 0.345. The number of carbonyl (C=O) groups excluding carboxylic acids is 1. The molecule has 0 fully saturated rings. The first-order valence-electron chi connectivity index (χ1n) is 7.90. The molecule has 1 heterocycles. The standard InChI is InChI=1S/C20H20N2O2/c1-14-19(15(2)22(3)21-14)13-16-9-11-18(12-10-16)24-20(23)17-7-5-4-6-8-17/h4-12H,13H2,1-3H3. The van der Waals surface area contributed by atoms with Gasteiger partial charge in [0, 0.05) is 24.7 Å². The Bertz CT molecular complexity index is 849. The molecule has 2 aromatic carbocycles.